The third-order valence-electron chi connectivity index (χ3n) is 2.84. The number of hydrogen-bond acceptors (Lipinski definition) is 2. The van der Waals surface area contributed by atoms with E-state index in [1.807, 2.05) is 24.3 Å². The van der Waals surface area contributed by atoms with E-state index in [-0.39, 0.29) is 5.82 Å². The Morgan fingerprint density at radius 3 is 2.31 bits per heavy atom. The van der Waals surface area contributed by atoms with Gasteiger partial charge < -0.3 is 5.84 Å². The van der Waals surface area contributed by atoms with Gasteiger partial charge in [-0.2, -0.15) is 5.10 Å². The lowest BCUT2D eigenvalue weighted by Gasteiger charge is -1.98. The van der Waals surface area contributed by atoms with Gasteiger partial charge in [0.1, 0.15) is 5.82 Å². The van der Waals surface area contributed by atoms with Gasteiger partial charge in [-0.1, -0.05) is 30.3 Å². The van der Waals surface area contributed by atoms with Crippen molar-refractivity contribution in [3.63, 3.8) is 0 Å². The van der Waals surface area contributed by atoms with Gasteiger partial charge in [0.15, 0.2) is 0 Å². The van der Waals surface area contributed by atoms with E-state index in [1.54, 1.807) is 6.07 Å². The SMILES string of the molecule is N/N=C1/c2ccccc2-c2ccc(F)cc21. The van der Waals surface area contributed by atoms with Gasteiger partial charge in [0, 0.05) is 11.1 Å². The monoisotopic (exact) mass is 212 g/mol. The van der Waals surface area contributed by atoms with E-state index < -0.39 is 0 Å². The molecule has 0 atom stereocenters. The van der Waals surface area contributed by atoms with Crippen LogP contribution < -0.4 is 5.84 Å². The molecule has 2 N–H and O–H groups in total. The minimum absolute atomic E-state index is 0.271. The molecular weight excluding hydrogens is 203 g/mol. The van der Waals surface area contributed by atoms with E-state index in [1.165, 1.54) is 12.1 Å². The molecule has 2 nitrogen and oxygen atoms in total. The topological polar surface area (TPSA) is 38.4 Å². The third-order valence-corrected chi connectivity index (χ3v) is 2.84. The van der Waals surface area contributed by atoms with Gasteiger partial charge in [-0.25, -0.2) is 4.39 Å². The fraction of sp³-hybridized carbons (Fsp3) is 0. The molecule has 3 heteroatoms. The summed E-state index contributed by atoms with van der Waals surface area (Å²) in [5.74, 6) is 5.11. The first-order valence-corrected chi connectivity index (χ1v) is 4.99. The van der Waals surface area contributed by atoms with Crippen LogP contribution in [0.5, 0.6) is 0 Å². The van der Waals surface area contributed by atoms with Crippen LogP contribution in [-0.4, -0.2) is 5.71 Å². The Bertz CT molecular complexity index is 603. The number of hydrazone groups is 1. The van der Waals surface area contributed by atoms with Crippen molar-refractivity contribution in [1.29, 1.82) is 0 Å². The quantitative estimate of drug-likeness (QED) is 0.451. The second kappa shape index (κ2) is 3.17. The fourth-order valence-electron chi connectivity index (χ4n) is 2.16. The molecule has 2 aromatic rings. The van der Waals surface area contributed by atoms with Crippen LogP contribution in [0.4, 0.5) is 4.39 Å². The first kappa shape index (κ1) is 9.09. The summed E-state index contributed by atoms with van der Waals surface area (Å²) in [6.45, 7) is 0. The smallest absolute Gasteiger partial charge is 0.123 e. The van der Waals surface area contributed by atoms with Crippen LogP contribution in [0.15, 0.2) is 47.6 Å². The Kier molecular flexibility index (Phi) is 1.80. The van der Waals surface area contributed by atoms with E-state index >= 15 is 0 Å². The molecule has 0 radical (unpaired) electrons. The molecular formula is C13H9FN2. The number of hydrogen-bond donors (Lipinski definition) is 1. The minimum atomic E-state index is -0.271. The Labute approximate surface area is 92.2 Å². The van der Waals surface area contributed by atoms with Crippen LogP contribution >= 0.6 is 0 Å². The summed E-state index contributed by atoms with van der Waals surface area (Å²) in [4.78, 5) is 0. The summed E-state index contributed by atoms with van der Waals surface area (Å²) < 4.78 is 13.2. The van der Waals surface area contributed by atoms with Crippen LogP contribution in [0.2, 0.25) is 0 Å². The van der Waals surface area contributed by atoms with Gasteiger partial charge in [-0.15, -0.1) is 0 Å². The molecule has 0 spiro atoms. The number of nitrogens with zero attached hydrogens (tertiary/aromatic N) is 1. The van der Waals surface area contributed by atoms with Gasteiger partial charge in [0.25, 0.3) is 0 Å². The van der Waals surface area contributed by atoms with Crippen molar-refractivity contribution in [2.75, 3.05) is 0 Å². The van der Waals surface area contributed by atoms with Crippen molar-refractivity contribution < 1.29 is 4.39 Å². The maximum atomic E-state index is 13.2. The molecule has 78 valence electrons. The molecule has 3 rings (SSSR count). The van der Waals surface area contributed by atoms with Crippen LogP contribution in [0.3, 0.4) is 0 Å². The number of rotatable bonds is 0. The Hall–Kier alpha value is -2.16. The molecule has 0 amide bonds. The van der Waals surface area contributed by atoms with Crippen molar-refractivity contribution in [2.45, 2.75) is 0 Å². The molecule has 0 saturated carbocycles. The zero-order chi connectivity index (χ0) is 11.1. The van der Waals surface area contributed by atoms with Gasteiger partial charge in [0.2, 0.25) is 0 Å². The van der Waals surface area contributed by atoms with Crippen LogP contribution in [-0.2, 0) is 0 Å². The number of nitrogens with two attached hydrogens (primary N) is 1. The number of benzene rings is 2. The minimum Gasteiger partial charge on any atom is -0.323 e. The largest absolute Gasteiger partial charge is 0.323 e. The molecule has 0 unspecified atom stereocenters. The average Bonchev–Trinajstić information content (AvgIpc) is 2.61. The zero-order valence-electron chi connectivity index (χ0n) is 8.44. The van der Waals surface area contributed by atoms with E-state index in [0.717, 1.165) is 22.3 Å². The second-order valence-corrected chi connectivity index (χ2v) is 3.71. The van der Waals surface area contributed by atoms with E-state index in [9.17, 15) is 4.39 Å². The predicted octanol–water partition coefficient (Wildman–Crippen LogP) is 2.52. The van der Waals surface area contributed by atoms with Crippen LogP contribution in [0.1, 0.15) is 11.1 Å². The van der Waals surface area contributed by atoms with Gasteiger partial charge in [-0.3, -0.25) is 0 Å². The number of fused-ring (bicyclic) bond motifs is 3. The summed E-state index contributed by atoms with van der Waals surface area (Å²) in [6.07, 6.45) is 0. The molecule has 0 saturated heterocycles. The Balaban J connectivity index is 2.39. The van der Waals surface area contributed by atoms with E-state index in [2.05, 4.69) is 5.10 Å². The molecule has 0 heterocycles. The molecule has 0 aromatic heterocycles. The molecule has 0 aliphatic heterocycles. The zero-order valence-corrected chi connectivity index (χ0v) is 8.44. The molecule has 16 heavy (non-hydrogen) atoms. The first-order valence-electron chi connectivity index (χ1n) is 4.99. The molecule has 2 aromatic carbocycles. The summed E-state index contributed by atoms with van der Waals surface area (Å²) >= 11 is 0. The lowest BCUT2D eigenvalue weighted by molar-refractivity contribution is 0.628. The predicted molar refractivity (Wildman–Crippen MR) is 61.7 cm³/mol. The Morgan fingerprint density at radius 2 is 1.56 bits per heavy atom. The molecule has 1 aliphatic rings. The summed E-state index contributed by atoms with van der Waals surface area (Å²) in [7, 11) is 0. The summed E-state index contributed by atoms with van der Waals surface area (Å²) in [6, 6.07) is 12.5. The standard InChI is InChI=1S/C13H9FN2/c14-8-5-6-10-9-3-1-2-4-11(9)13(16-15)12(10)7-8/h1-7H,15H2/b16-13-. The lowest BCUT2D eigenvalue weighted by Crippen LogP contribution is -2.02. The highest BCUT2D eigenvalue weighted by Crippen LogP contribution is 2.36. The van der Waals surface area contributed by atoms with Gasteiger partial charge in [0.05, 0.1) is 5.71 Å². The van der Waals surface area contributed by atoms with Crippen LogP contribution in [0.25, 0.3) is 11.1 Å². The third kappa shape index (κ3) is 1.08. The van der Waals surface area contributed by atoms with Crippen molar-refractivity contribution in [3.8, 4) is 11.1 Å². The van der Waals surface area contributed by atoms with Crippen LogP contribution in [0, 0.1) is 5.82 Å². The molecule has 0 bridgehead atoms. The Morgan fingerprint density at radius 1 is 0.875 bits per heavy atom. The van der Waals surface area contributed by atoms with E-state index in [4.69, 9.17) is 5.84 Å². The highest BCUT2D eigenvalue weighted by Gasteiger charge is 2.24. The van der Waals surface area contributed by atoms with Crippen molar-refractivity contribution in [3.05, 3.63) is 59.4 Å². The normalized spacial score (nSPS) is 14.9. The summed E-state index contributed by atoms with van der Waals surface area (Å²) in [5, 5.41) is 3.76. The maximum absolute atomic E-state index is 13.2. The van der Waals surface area contributed by atoms with Gasteiger partial charge in [-0.05, 0) is 23.3 Å². The first-order chi connectivity index (χ1) is 7.81. The van der Waals surface area contributed by atoms with Crippen molar-refractivity contribution in [1.82, 2.24) is 0 Å². The highest BCUT2D eigenvalue weighted by atomic mass is 19.1. The lowest BCUT2D eigenvalue weighted by atomic mass is 10.1. The fourth-order valence-corrected chi connectivity index (χ4v) is 2.16. The average molecular weight is 212 g/mol. The number of halogens is 1. The molecule has 1 aliphatic carbocycles. The molecule has 0 fully saturated rings. The van der Waals surface area contributed by atoms with Gasteiger partial charge >= 0.3 is 0 Å². The summed E-state index contributed by atoms with van der Waals surface area (Å²) in [5.41, 5.74) is 4.43. The maximum Gasteiger partial charge on any atom is 0.123 e. The van der Waals surface area contributed by atoms with E-state index in [0.29, 0.717) is 5.71 Å². The van der Waals surface area contributed by atoms with Crippen molar-refractivity contribution in [2.24, 2.45) is 10.9 Å². The highest BCUT2D eigenvalue weighted by molar-refractivity contribution is 6.24. The van der Waals surface area contributed by atoms with Crippen molar-refractivity contribution >= 4 is 5.71 Å². The second-order valence-electron chi connectivity index (χ2n) is 3.71.